The summed E-state index contributed by atoms with van der Waals surface area (Å²) in [7, 11) is 4.64. The van der Waals surface area contributed by atoms with E-state index in [0.29, 0.717) is 43.1 Å². The van der Waals surface area contributed by atoms with Gasteiger partial charge in [-0.25, -0.2) is 0 Å². The summed E-state index contributed by atoms with van der Waals surface area (Å²) in [4.78, 5) is 25.7. The number of carboxylic acid groups (broad SMARTS) is 1. The van der Waals surface area contributed by atoms with E-state index >= 15 is 0 Å². The Balaban J connectivity index is 2.08. The zero-order chi connectivity index (χ0) is 19.3. The molecule has 1 saturated heterocycles. The second-order valence-corrected chi connectivity index (χ2v) is 6.45. The first-order valence-electron chi connectivity index (χ1n) is 8.74. The molecule has 1 aliphatic rings. The molecule has 144 valence electrons. The fraction of sp³-hybridized carbons (Fsp3) is 0.579. The van der Waals surface area contributed by atoms with Gasteiger partial charge in [0.1, 0.15) is 0 Å². The maximum atomic E-state index is 12.6. The number of likely N-dealkylation sites (tertiary alicyclic amines) is 1. The molecule has 2 atom stereocenters. The fourth-order valence-corrected chi connectivity index (χ4v) is 3.50. The number of carboxylic acids is 1. The molecule has 26 heavy (non-hydrogen) atoms. The highest BCUT2D eigenvalue weighted by Crippen LogP contribution is 2.38. The standard InChI is InChI=1S/C19H27NO6/c1-12-14(19(22)23)6-5-9-20(12)17(21)8-7-13-10-15(24-2)18(26-4)16(11-13)25-3/h10-12,14H,5-9H2,1-4H3,(H,22,23)/t12-,14-/m0/s1. The van der Waals surface area contributed by atoms with Crippen molar-refractivity contribution in [3.63, 3.8) is 0 Å². The topological polar surface area (TPSA) is 85.3 Å². The van der Waals surface area contributed by atoms with Crippen molar-refractivity contribution in [2.75, 3.05) is 27.9 Å². The molecule has 7 heteroatoms. The van der Waals surface area contributed by atoms with Crippen LogP contribution in [0.3, 0.4) is 0 Å². The zero-order valence-corrected chi connectivity index (χ0v) is 15.8. The summed E-state index contributed by atoms with van der Waals surface area (Å²) in [6, 6.07) is 3.37. The molecule has 7 nitrogen and oxygen atoms in total. The van der Waals surface area contributed by atoms with Gasteiger partial charge in [0.25, 0.3) is 0 Å². The molecule has 0 aliphatic carbocycles. The van der Waals surface area contributed by atoms with Gasteiger partial charge in [0.2, 0.25) is 11.7 Å². The average molecular weight is 365 g/mol. The minimum atomic E-state index is -0.834. The summed E-state index contributed by atoms with van der Waals surface area (Å²) in [6.07, 6.45) is 2.15. The third-order valence-corrected chi connectivity index (χ3v) is 4.98. The maximum Gasteiger partial charge on any atom is 0.308 e. The van der Waals surface area contributed by atoms with Gasteiger partial charge in [-0.15, -0.1) is 0 Å². The van der Waals surface area contributed by atoms with E-state index in [-0.39, 0.29) is 11.9 Å². The average Bonchev–Trinajstić information content (AvgIpc) is 2.64. The van der Waals surface area contributed by atoms with Crippen LogP contribution in [0.4, 0.5) is 0 Å². The molecule has 1 heterocycles. The number of carbonyl (C=O) groups excluding carboxylic acids is 1. The van der Waals surface area contributed by atoms with Crippen LogP contribution in [0.1, 0.15) is 31.7 Å². The number of hydrogen-bond donors (Lipinski definition) is 1. The second-order valence-electron chi connectivity index (χ2n) is 6.45. The van der Waals surface area contributed by atoms with Gasteiger partial charge in [-0.05, 0) is 43.9 Å². The molecule has 0 spiro atoms. The number of nitrogens with zero attached hydrogens (tertiary/aromatic N) is 1. The highest BCUT2D eigenvalue weighted by molar-refractivity contribution is 5.79. The number of amides is 1. The second kappa shape index (κ2) is 8.78. The van der Waals surface area contributed by atoms with E-state index in [9.17, 15) is 14.7 Å². The number of ether oxygens (including phenoxy) is 3. The maximum absolute atomic E-state index is 12.6. The highest BCUT2D eigenvalue weighted by atomic mass is 16.5. The van der Waals surface area contributed by atoms with E-state index < -0.39 is 11.9 Å². The van der Waals surface area contributed by atoms with Crippen molar-refractivity contribution in [2.45, 2.75) is 38.6 Å². The molecule has 1 amide bonds. The SMILES string of the molecule is COc1cc(CCC(=O)N2CCC[C@H](C(=O)O)[C@@H]2C)cc(OC)c1OC. The molecular formula is C19H27NO6. The van der Waals surface area contributed by atoms with Gasteiger partial charge >= 0.3 is 5.97 Å². The number of benzene rings is 1. The Morgan fingerprint density at radius 2 is 1.77 bits per heavy atom. The van der Waals surface area contributed by atoms with Crippen LogP contribution >= 0.6 is 0 Å². The van der Waals surface area contributed by atoms with Crippen molar-refractivity contribution in [1.29, 1.82) is 0 Å². The first kappa shape index (κ1) is 19.9. The van der Waals surface area contributed by atoms with Crippen molar-refractivity contribution in [1.82, 2.24) is 4.90 Å². The molecule has 0 saturated carbocycles. The van der Waals surface area contributed by atoms with Crippen LogP contribution in [0.25, 0.3) is 0 Å². The smallest absolute Gasteiger partial charge is 0.308 e. The van der Waals surface area contributed by atoms with E-state index in [1.165, 1.54) is 0 Å². The van der Waals surface area contributed by atoms with Crippen molar-refractivity contribution in [3.8, 4) is 17.2 Å². The van der Waals surface area contributed by atoms with Crippen LogP contribution in [-0.2, 0) is 16.0 Å². The van der Waals surface area contributed by atoms with Crippen LogP contribution in [0.2, 0.25) is 0 Å². The Kier molecular flexibility index (Phi) is 6.71. The Hall–Kier alpha value is -2.44. The third-order valence-electron chi connectivity index (χ3n) is 4.98. The Morgan fingerprint density at radius 3 is 2.27 bits per heavy atom. The van der Waals surface area contributed by atoms with Crippen LogP contribution in [0.15, 0.2) is 12.1 Å². The highest BCUT2D eigenvalue weighted by Gasteiger charge is 2.35. The molecule has 0 unspecified atom stereocenters. The molecule has 1 aromatic rings. The lowest BCUT2D eigenvalue weighted by atomic mass is 9.90. The number of aryl methyl sites for hydroxylation is 1. The molecule has 1 N–H and O–H groups in total. The van der Waals surface area contributed by atoms with Gasteiger partial charge in [0.05, 0.1) is 27.2 Å². The molecule has 0 aromatic heterocycles. The molecule has 2 rings (SSSR count). The number of hydrogen-bond acceptors (Lipinski definition) is 5. The summed E-state index contributed by atoms with van der Waals surface area (Å²) in [5.41, 5.74) is 0.896. The number of rotatable bonds is 7. The molecule has 1 aromatic carbocycles. The first-order valence-corrected chi connectivity index (χ1v) is 8.74. The predicted molar refractivity (Wildman–Crippen MR) is 96.0 cm³/mol. The van der Waals surface area contributed by atoms with Crippen LogP contribution in [0.5, 0.6) is 17.2 Å². The van der Waals surface area contributed by atoms with E-state index in [4.69, 9.17) is 14.2 Å². The molecule has 0 bridgehead atoms. The lowest BCUT2D eigenvalue weighted by Crippen LogP contribution is -2.49. The van der Waals surface area contributed by atoms with Crippen molar-refractivity contribution in [2.24, 2.45) is 5.92 Å². The normalized spacial score (nSPS) is 19.8. The fourth-order valence-electron chi connectivity index (χ4n) is 3.50. The van der Waals surface area contributed by atoms with Gasteiger partial charge < -0.3 is 24.2 Å². The Morgan fingerprint density at radius 1 is 1.15 bits per heavy atom. The summed E-state index contributed by atoms with van der Waals surface area (Å²) >= 11 is 0. The zero-order valence-electron chi connectivity index (χ0n) is 15.8. The summed E-state index contributed by atoms with van der Waals surface area (Å²) in [5, 5.41) is 9.30. The number of carbonyl (C=O) groups is 2. The van der Waals surface area contributed by atoms with Gasteiger partial charge in [0.15, 0.2) is 11.5 Å². The van der Waals surface area contributed by atoms with Crippen LogP contribution in [0, 0.1) is 5.92 Å². The minimum Gasteiger partial charge on any atom is -0.493 e. The van der Waals surface area contributed by atoms with Gasteiger partial charge in [-0.3, -0.25) is 9.59 Å². The Bertz CT molecular complexity index is 634. The van der Waals surface area contributed by atoms with E-state index in [1.54, 1.807) is 26.2 Å². The van der Waals surface area contributed by atoms with Gasteiger partial charge in [0, 0.05) is 19.0 Å². The predicted octanol–water partition coefficient (Wildman–Crippen LogP) is 2.36. The van der Waals surface area contributed by atoms with Crippen LogP contribution in [-0.4, -0.2) is 55.8 Å². The third kappa shape index (κ3) is 4.20. The molecule has 1 fully saturated rings. The van der Waals surface area contributed by atoms with E-state index in [1.807, 2.05) is 19.1 Å². The van der Waals surface area contributed by atoms with E-state index in [0.717, 1.165) is 12.0 Å². The molecule has 0 radical (unpaired) electrons. The molecule has 1 aliphatic heterocycles. The van der Waals surface area contributed by atoms with E-state index in [2.05, 4.69) is 0 Å². The number of methoxy groups -OCH3 is 3. The summed E-state index contributed by atoms with van der Waals surface area (Å²) in [6.45, 7) is 2.42. The largest absolute Gasteiger partial charge is 0.493 e. The number of aliphatic carboxylic acids is 1. The van der Waals surface area contributed by atoms with Gasteiger partial charge in [-0.1, -0.05) is 0 Å². The monoisotopic (exact) mass is 365 g/mol. The summed E-state index contributed by atoms with van der Waals surface area (Å²) < 4.78 is 16.0. The van der Waals surface area contributed by atoms with Crippen molar-refractivity contribution < 1.29 is 28.9 Å². The quantitative estimate of drug-likeness (QED) is 0.798. The van der Waals surface area contributed by atoms with Crippen molar-refractivity contribution >= 4 is 11.9 Å². The first-order chi connectivity index (χ1) is 12.4. The molecular weight excluding hydrogens is 338 g/mol. The minimum absolute atomic E-state index is 0.0304. The Labute approximate surface area is 153 Å². The lowest BCUT2D eigenvalue weighted by Gasteiger charge is -2.37. The number of piperidine rings is 1. The van der Waals surface area contributed by atoms with Crippen LogP contribution < -0.4 is 14.2 Å². The summed E-state index contributed by atoms with van der Waals surface area (Å²) in [5.74, 6) is 0.253. The van der Waals surface area contributed by atoms with Crippen molar-refractivity contribution in [3.05, 3.63) is 17.7 Å². The lowest BCUT2D eigenvalue weighted by molar-refractivity contribution is -0.149. The van der Waals surface area contributed by atoms with Gasteiger partial charge in [-0.2, -0.15) is 0 Å².